The standard InChI is InChI=1S/C14H25ClN4/c1-4-19(12-7-5-11(16)6-8-12)9-13-10(2)17-18(3)14(13)15/h11-12H,4-9,16H2,1-3H3. The van der Waals surface area contributed by atoms with E-state index >= 15 is 0 Å². The summed E-state index contributed by atoms with van der Waals surface area (Å²) in [4.78, 5) is 2.52. The highest BCUT2D eigenvalue weighted by molar-refractivity contribution is 6.30. The molecule has 1 aliphatic rings. The van der Waals surface area contributed by atoms with Crippen molar-refractivity contribution in [1.29, 1.82) is 0 Å². The highest BCUT2D eigenvalue weighted by Crippen LogP contribution is 2.26. The maximum atomic E-state index is 6.33. The molecule has 0 radical (unpaired) electrons. The Morgan fingerprint density at radius 1 is 1.37 bits per heavy atom. The first-order valence-corrected chi connectivity index (χ1v) is 7.58. The van der Waals surface area contributed by atoms with Gasteiger partial charge in [-0.15, -0.1) is 0 Å². The molecule has 0 saturated heterocycles. The van der Waals surface area contributed by atoms with Gasteiger partial charge in [0.1, 0.15) is 5.15 Å². The molecule has 4 nitrogen and oxygen atoms in total. The third-order valence-electron chi connectivity index (χ3n) is 4.30. The first kappa shape index (κ1) is 14.8. The topological polar surface area (TPSA) is 47.1 Å². The lowest BCUT2D eigenvalue weighted by Crippen LogP contribution is -2.40. The lowest BCUT2D eigenvalue weighted by atomic mass is 9.90. The summed E-state index contributed by atoms with van der Waals surface area (Å²) in [6, 6.07) is 1.04. The van der Waals surface area contributed by atoms with Crippen molar-refractivity contribution in [1.82, 2.24) is 14.7 Å². The smallest absolute Gasteiger partial charge is 0.131 e. The molecule has 108 valence electrons. The lowest BCUT2D eigenvalue weighted by Gasteiger charge is -2.35. The van der Waals surface area contributed by atoms with Crippen LogP contribution in [-0.4, -0.2) is 33.3 Å². The van der Waals surface area contributed by atoms with E-state index in [9.17, 15) is 0 Å². The third-order valence-corrected chi connectivity index (χ3v) is 4.77. The molecular weight excluding hydrogens is 260 g/mol. The van der Waals surface area contributed by atoms with Crippen LogP contribution in [0.25, 0.3) is 0 Å². The fourth-order valence-corrected chi connectivity index (χ4v) is 3.26. The number of aromatic nitrogens is 2. The van der Waals surface area contributed by atoms with Gasteiger partial charge in [-0.25, -0.2) is 0 Å². The molecule has 2 N–H and O–H groups in total. The van der Waals surface area contributed by atoms with Gasteiger partial charge in [-0.1, -0.05) is 18.5 Å². The van der Waals surface area contributed by atoms with E-state index in [0.29, 0.717) is 12.1 Å². The monoisotopic (exact) mass is 284 g/mol. The minimum atomic E-state index is 0.402. The van der Waals surface area contributed by atoms with Crippen molar-refractivity contribution in [3.63, 3.8) is 0 Å². The summed E-state index contributed by atoms with van der Waals surface area (Å²) < 4.78 is 1.76. The number of nitrogens with two attached hydrogens (primary N) is 1. The van der Waals surface area contributed by atoms with E-state index in [0.717, 1.165) is 36.8 Å². The molecule has 0 bridgehead atoms. The normalized spacial score (nSPS) is 24.1. The summed E-state index contributed by atoms with van der Waals surface area (Å²) in [6.45, 7) is 6.19. The van der Waals surface area contributed by atoms with Crippen LogP contribution in [0.1, 0.15) is 43.9 Å². The molecule has 0 unspecified atom stereocenters. The van der Waals surface area contributed by atoms with Crippen molar-refractivity contribution in [2.45, 2.75) is 58.2 Å². The summed E-state index contributed by atoms with van der Waals surface area (Å²) in [5.74, 6) is 0. The average Bonchev–Trinajstić information content (AvgIpc) is 2.63. The minimum absolute atomic E-state index is 0.402. The number of nitrogens with zero attached hydrogens (tertiary/aromatic N) is 3. The Morgan fingerprint density at radius 2 is 2.00 bits per heavy atom. The summed E-state index contributed by atoms with van der Waals surface area (Å²) in [5, 5.41) is 5.16. The summed E-state index contributed by atoms with van der Waals surface area (Å²) in [6.07, 6.45) is 4.68. The SMILES string of the molecule is CCN(Cc1c(C)nn(C)c1Cl)C1CCC(N)CC1. The van der Waals surface area contributed by atoms with Crippen LogP contribution in [0.15, 0.2) is 0 Å². The van der Waals surface area contributed by atoms with Crippen LogP contribution in [0.4, 0.5) is 0 Å². The third kappa shape index (κ3) is 3.30. The average molecular weight is 285 g/mol. The van der Waals surface area contributed by atoms with Crippen LogP contribution < -0.4 is 5.73 Å². The van der Waals surface area contributed by atoms with Crippen LogP contribution in [0.5, 0.6) is 0 Å². The van der Waals surface area contributed by atoms with Gasteiger partial charge in [-0.3, -0.25) is 9.58 Å². The van der Waals surface area contributed by atoms with E-state index in [2.05, 4.69) is 16.9 Å². The number of rotatable bonds is 4. The number of hydrogen-bond donors (Lipinski definition) is 1. The Bertz CT molecular complexity index is 421. The lowest BCUT2D eigenvalue weighted by molar-refractivity contribution is 0.149. The van der Waals surface area contributed by atoms with Crippen molar-refractivity contribution in [3.8, 4) is 0 Å². The van der Waals surface area contributed by atoms with Gasteiger partial charge in [0.05, 0.1) is 5.69 Å². The first-order valence-electron chi connectivity index (χ1n) is 7.20. The Labute approximate surface area is 120 Å². The zero-order chi connectivity index (χ0) is 14.0. The Kier molecular flexibility index (Phi) is 4.87. The Morgan fingerprint density at radius 3 is 2.47 bits per heavy atom. The second-order valence-electron chi connectivity index (χ2n) is 5.61. The van der Waals surface area contributed by atoms with Crippen LogP contribution in [0.2, 0.25) is 5.15 Å². The largest absolute Gasteiger partial charge is 0.328 e. The van der Waals surface area contributed by atoms with E-state index in [1.807, 2.05) is 14.0 Å². The summed E-state index contributed by atoms with van der Waals surface area (Å²) >= 11 is 6.33. The molecule has 0 atom stereocenters. The summed E-state index contributed by atoms with van der Waals surface area (Å²) in [5.41, 5.74) is 8.20. The van der Waals surface area contributed by atoms with E-state index in [1.54, 1.807) is 4.68 Å². The van der Waals surface area contributed by atoms with E-state index in [-0.39, 0.29) is 0 Å². The zero-order valence-electron chi connectivity index (χ0n) is 12.2. The molecule has 0 aliphatic heterocycles. The predicted octanol–water partition coefficient (Wildman–Crippen LogP) is 2.47. The molecule has 1 fully saturated rings. The minimum Gasteiger partial charge on any atom is -0.328 e. The molecule has 1 aromatic heterocycles. The number of aryl methyl sites for hydroxylation is 2. The second kappa shape index (κ2) is 6.25. The van der Waals surface area contributed by atoms with Crippen molar-refractivity contribution >= 4 is 11.6 Å². The van der Waals surface area contributed by atoms with Crippen LogP contribution in [0.3, 0.4) is 0 Å². The molecule has 5 heteroatoms. The van der Waals surface area contributed by atoms with Crippen molar-refractivity contribution in [2.24, 2.45) is 12.8 Å². The predicted molar refractivity (Wildman–Crippen MR) is 79.3 cm³/mol. The maximum Gasteiger partial charge on any atom is 0.131 e. The molecule has 0 spiro atoms. The quantitative estimate of drug-likeness (QED) is 0.924. The highest BCUT2D eigenvalue weighted by Gasteiger charge is 2.25. The van der Waals surface area contributed by atoms with E-state index in [4.69, 9.17) is 17.3 Å². The van der Waals surface area contributed by atoms with Gasteiger partial charge in [-0.05, 0) is 39.2 Å². The molecule has 1 aliphatic carbocycles. The fourth-order valence-electron chi connectivity index (χ4n) is 3.02. The number of hydrogen-bond acceptors (Lipinski definition) is 3. The fraction of sp³-hybridized carbons (Fsp3) is 0.786. The van der Waals surface area contributed by atoms with Gasteiger partial charge in [0.2, 0.25) is 0 Å². The van der Waals surface area contributed by atoms with Crippen molar-refractivity contribution in [3.05, 3.63) is 16.4 Å². The van der Waals surface area contributed by atoms with Gasteiger partial charge in [0.25, 0.3) is 0 Å². The second-order valence-corrected chi connectivity index (χ2v) is 5.97. The molecule has 1 aromatic rings. The van der Waals surface area contributed by atoms with Gasteiger partial charge in [0.15, 0.2) is 0 Å². The molecule has 0 aromatic carbocycles. The van der Waals surface area contributed by atoms with Crippen LogP contribution >= 0.6 is 11.6 Å². The molecular formula is C14H25ClN4. The Balaban J connectivity index is 2.06. The van der Waals surface area contributed by atoms with Crippen molar-refractivity contribution in [2.75, 3.05) is 6.54 Å². The number of halogens is 1. The van der Waals surface area contributed by atoms with Crippen molar-refractivity contribution < 1.29 is 0 Å². The van der Waals surface area contributed by atoms with E-state index < -0.39 is 0 Å². The van der Waals surface area contributed by atoms with Gasteiger partial charge >= 0.3 is 0 Å². The van der Waals surface area contributed by atoms with Crippen LogP contribution in [0, 0.1) is 6.92 Å². The maximum absolute atomic E-state index is 6.33. The Hall–Kier alpha value is -0.580. The van der Waals surface area contributed by atoms with Gasteiger partial charge in [-0.2, -0.15) is 5.10 Å². The summed E-state index contributed by atoms with van der Waals surface area (Å²) in [7, 11) is 1.90. The highest BCUT2D eigenvalue weighted by atomic mass is 35.5. The molecule has 1 heterocycles. The van der Waals surface area contributed by atoms with E-state index in [1.165, 1.54) is 18.4 Å². The molecule has 2 rings (SSSR count). The van der Waals surface area contributed by atoms with Gasteiger partial charge < -0.3 is 5.73 Å². The molecule has 19 heavy (non-hydrogen) atoms. The van der Waals surface area contributed by atoms with Gasteiger partial charge in [0, 0.05) is 31.2 Å². The molecule has 1 saturated carbocycles. The van der Waals surface area contributed by atoms with Crippen LogP contribution in [-0.2, 0) is 13.6 Å². The molecule has 0 amide bonds. The first-order chi connectivity index (χ1) is 9.02. The zero-order valence-corrected chi connectivity index (χ0v) is 13.0.